The monoisotopic (exact) mass is 412 g/mol. The smallest absolute Gasteiger partial charge is 0.234 e. The summed E-state index contributed by atoms with van der Waals surface area (Å²) in [5, 5.41) is 12.0. The Morgan fingerprint density at radius 3 is 2.66 bits per heavy atom. The Kier molecular flexibility index (Phi) is 7.13. The van der Waals surface area contributed by atoms with Crippen molar-refractivity contribution < 1.29 is 14.3 Å². The average Bonchev–Trinajstić information content (AvgIpc) is 3.08. The van der Waals surface area contributed by atoms with Crippen LogP contribution in [0, 0.1) is 6.92 Å². The van der Waals surface area contributed by atoms with Gasteiger partial charge in [-0.05, 0) is 31.5 Å². The molecule has 29 heavy (non-hydrogen) atoms. The molecule has 1 heterocycles. The van der Waals surface area contributed by atoms with Gasteiger partial charge in [0, 0.05) is 11.8 Å². The van der Waals surface area contributed by atoms with Gasteiger partial charge in [-0.1, -0.05) is 42.1 Å². The van der Waals surface area contributed by atoms with Gasteiger partial charge < -0.3 is 19.4 Å². The molecule has 0 spiro atoms. The van der Waals surface area contributed by atoms with E-state index in [9.17, 15) is 4.79 Å². The number of benzene rings is 2. The number of aromatic nitrogens is 3. The molecular formula is C21H24N4O3S. The van der Waals surface area contributed by atoms with Crippen LogP contribution in [0.5, 0.6) is 11.5 Å². The lowest BCUT2D eigenvalue weighted by molar-refractivity contribution is -0.113. The maximum absolute atomic E-state index is 12.4. The Balaban J connectivity index is 1.61. The molecule has 0 fully saturated rings. The van der Waals surface area contributed by atoms with Crippen molar-refractivity contribution in [3.63, 3.8) is 0 Å². The highest BCUT2D eigenvalue weighted by Crippen LogP contribution is 2.30. The summed E-state index contributed by atoms with van der Waals surface area (Å²) in [5.41, 5.74) is 1.81. The van der Waals surface area contributed by atoms with Gasteiger partial charge in [0.2, 0.25) is 5.91 Å². The molecule has 0 aliphatic carbocycles. The first-order valence-corrected chi connectivity index (χ1v) is 10.3. The second-order valence-electron chi connectivity index (χ2n) is 6.24. The molecule has 0 radical (unpaired) electrons. The first-order valence-electron chi connectivity index (χ1n) is 9.28. The van der Waals surface area contributed by atoms with Crippen LogP contribution < -0.4 is 14.8 Å². The standard InChI is InChI=1S/C21H24N4O3S/c1-4-28-18-11-10-17(12-19(18)27-3)22-20(26)14-29-21-24-23-15(2)25(21)13-16-8-6-5-7-9-16/h5-12H,4,13-14H2,1-3H3,(H,22,26). The summed E-state index contributed by atoms with van der Waals surface area (Å²) in [4.78, 5) is 12.4. The fourth-order valence-electron chi connectivity index (χ4n) is 2.76. The third-order valence-corrected chi connectivity index (χ3v) is 5.13. The summed E-state index contributed by atoms with van der Waals surface area (Å²) in [7, 11) is 1.57. The van der Waals surface area contributed by atoms with Crippen molar-refractivity contribution in [3.8, 4) is 11.5 Å². The number of carbonyl (C=O) groups is 1. The van der Waals surface area contributed by atoms with Gasteiger partial charge in [0.05, 0.1) is 26.0 Å². The first kappa shape index (κ1) is 20.7. The van der Waals surface area contributed by atoms with Crippen molar-refractivity contribution in [1.29, 1.82) is 0 Å². The number of carbonyl (C=O) groups excluding carboxylic acids is 1. The molecular weight excluding hydrogens is 388 g/mol. The van der Waals surface area contributed by atoms with Crippen LogP contribution >= 0.6 is 11.8 Å². The minimum absolute atomic E-state index is 0.131. The Bertz CT molecular complexity index is 960. The zero-order chi connectivity index (χ0) is 20.6. The van der Waals surface area contributed by atoms with Crippen LogP contribution in [0.25, 0.3) is 0 Å². The van der Waals surface area contributed by atoms with Crippen LogP contribution in [-0.4, -0.2) is 40.1 Å². The fraction of sp³-hybridized carbons (Fsp3) is 0.286. The van der Waals surface area contributed by atoms with Crippen molar-refractivity contribution in [1.82, 2.24) is 14.8 Å². The molecule has 2 aromatic carbocycles. The summed E-state index contributed by atoms with van der Waals surface area (Å²) in [6.45, 7) is 5.03. The second kappa shape index (κ2) is 9.97. The van der Waals surface area contributed by atoms with E-state index in [2.05, 4.69) is 27.6 Å². The quantitative estimate of drug-likeness (QED) is 0.539. The average molecular weight is 413 g/mol. The molecule has 1 amide bonds. The third-order valence-electron chi connectivity index (χ3n) is 4.16. The normalized spacial score (nSPS) is 10.6. The molecule has 0 atom stereocenters. The number of rotatable bonds is 9. The van der Waals surface area contributed by atoms with Crippen LogP contribution in [-0.2, 0) is 11.3 Å². The summed E-state index contributed by atoms with van der Waals surface area (Å²) >= 11 is 1.36. The molecule has 8 heteroatoms. The van der Waals surface area contributed by atoms with Gasteiger partial charge >= 0.3 is 0 Å². The van der Waals surface area contributed by atoms with Gasteiger partial charge in [-0.15, -0.1) is 10.2 Å². The lowest BCUT2D eigenvalue weighted by Gasteiger charge is -2.12. The van der Waals surface area contributed by atoms with E-state index in [-0.39, 0.29) is 11.7 Å². The van der Waals surface area contributed by atoms with E-state index in [1.54, 1.807) is 25.3 Å². The SMILES string of the molecule is CCOc1ccc(NC(=O)CSc2nnc(C)n2Cc2ccccc2)cc1OC. The molecule has 3 aromatic rings. The lowest BCUT2D eigenvalue weighted by atomic mass is 10.2. The number of amides is 1. The molecule has 1 N–H and O–H groups in total. The maximum atomic E-state index is 12.4. The van der Waals surface area contributed by atoms with Gasteiger partial charge in [0.15, 0.2) is 16.7 Å². The highest BCUT2D eigenvalue weighted by atomic mass is 32.2. The molecule has 3 rings (SSSR count). The predicted octanol–water partition coefficient (Wildman–Crippen LogP) is 3.77. The molecule has 0 aliphatic heterocycles. The number of hydrogen-bond acceptors (Lipinski definition) is 6. The topological polar surface area (TPSA) is 78.3 Å². The highest BCUT2D eigenvalue weighted by Gasteiger charge is 2.13. The van der Waals surface area contributed by atoms with E-state index in [0.29, 0.717) is 35.5 Å². The summed E-state index contributed by atoms with van der Waals surface area (Å²) < 4.78 is 12.8. The molecule has 7 nitrogen and oxygen atoms in total. The van der Waals surface area contributed by atoms with E-state index in [0.717, 1.165) is 11.4 Å². The number of anilines is 1. The van der Waals surface area contributed by atoms with Crippen LogP contribution in [0.3, 0.4) is 0 Å². The number of nitrogens with zero attached hydrogens (tertiary/aromatic N) is 3. The third kappa shape index (κ3) is 5.51. The number of thioether (sulfide) groups is 1. The lowest BCUT2D eigenvalue weighted by Crippen LogP contribution is -2.15. The van der Waals surface area contributed by atoms with Crippen molar-refractivity contribution in [2.75, 3.05) is 24.8 Å². The highest BCUT2D eigenvalue weighted by molar-refractivity contribution is 7.99. The van der Waals surface area contributed by atoms with Gasteiger partial charge in [-0.2, -0.15) is 0 Å². The van der Waals surface area contributed by atoms with Crippen LogP contribution in [0.1, 0.15) is 18.3 Å². The van der Waals surface area contributed by atoms with E-state index in [1.807, 2.05) is 36.6 Å². The number of methoxy groups -OCH3 is 1. The Morgan fingerprint density at radius 2 is 1.93 bits per heavy atom. The zero-order valence-corrected chi connectivity index (χ0v) is 17.5. The van der Waals surface area contributed by atoms with Crippen molar-refractivity contribution in [2.45, 2.75) is 25.5 Å². The minimum Gasteiger partial charge on any atom is -0.493 e. The molecule has 0 aliphatic rings. The maximum Gasteiger partial charge on any atom is 0.234 e. The minimum atomic E-state index is -0.131. The Morgan fingerprint density at radius 1 is 1.14 bits per heavy atom. The van der Waals surface area contributed by atoms with Crippen molar-refractivity contribution >= 4 is 23.4 Å². The van der Waals surface area contributed by atoms with Crippen LogP contribution in [0.2, 0.25) is 0 Å². The zero-order valence-electron chi connectivity index (χ0n) is 16.7. The molecule has 1 aromatic heterocycles. The summed E-state index contributed by atoms with van der Waals surface area (Å²) in [6, 6.07) is 15.4. The van der Waals surface area contributed by atoms with E-state index in [4.69, 9.17) is 9.47 Å². The van der Waals surface area contributed by atoms with E-state index in [1.165, 1.54) is 11.8 Å². The number of ether oxygens (including phenoxy) is 2. The van der Waals surface area contributed by atoms with Crippen LogP contribution in [0.15, 0.2) is 53.7 Å². The second-order valence-corrected chi connectivity index (χ2v) is 7.18. The number of aryl methyl sites for hydroxylation is 1. The Hall–Kier alpha value is -3.00. The van der Waals surface area contributed by atoms with Crippen molar-refractivity contribution in [2.24, 2.45) is 0 Å². The predicted molar refractivity (Wildman–Crippen MR) is 114 cm³/mol. The van der Waals surface area contributed by atoms with Crippen LogP contribution in [0.4, 0.5) is 5.69 Å². The van der Waals surface area contributed by atoms with Gasteiger partial charge in [-0.3, -0.25) is 4.79 Å². The fourth-order valence-corrected chi connectivity index (χ4v) is 3.55. The van der Waals surface area contributed by atoms with Gasteiger partial charge in [0.25, 0.3) is 0 Å². The number of hydrogen-bond donors (Lipinski definition) is 1. The first-order chi connectivity index (χ1) is 14.1. The molecule has 0 saturated heterocycles. The van der Waals surface area contributed by atoms with Gasteiger partial charge in [-0.25, -0.2) is 0 Å². The van der Waals surface area contributed by atoms with E-state index < -0.39 is 0 Å². The molecule has 152 valence electrons. The van der Waals surface area contributed by atoms with Crippen molar-refractivity contribution in [3.05, 3.63) is 59.9 Å². The Labute approximate surface area is 174 Å². The largest absolute Gasteiger partial charge is 0.493 e. The number of nitrogens with one attached hydrogen (secondary N) is 1. The molecule has 0 bridgehead atoms. The summed E-state index contributed by atoms with van der Waals surface area (Å²) in [6.07, 6.45) is 0. The summed E-state index contributed by atoms with van der Waals surface area (Å²) in [5.74, 6) is 2.13. The molecule has 0 saturated carbocycles. The molecule has 0 unspecified atom stereocenters. The van der Waals surface area contributed by atoms with E-state index >= 15 is 0 Å². The van der Waals surface area contributed by atoms with Gasteiger partial charge in [0.1, 0.15) is 5.82 Å².